The van der Waals surface area contributed by atoms with Crippen LogP contribution in [-0.2, 0) is 21.4 Å². The molecule has 0 saturated carbocycles. The molecule has 0 aliphatic carbocycles. The van der Waals surface area contributed by atoms with Crippen molar-refractivity contribution in [1.29, 1.82) is 0 Å². The number of para-hydroxylation sites is 2. The van der Waals surface area contributed by atoms with Crippen molar-refractivity contribution in [2.45, 2.75) is 30.8 Å². The van der Waals surface area contributed by atoms with Gasteiger partial charge in [0, 0.05) is 11.4 Å². The summed E-state index contributed by atoms with van der Waals surface area (Å²) in [6, 6.07) is 13.1. The maximum Gasteiger partial charge on any atom is 0.291 e. The molecule has 1 amide bonds. The first-order valence-electron chi connectivity index (χ1n) is 9.08. The molecule has 2 N–H and O–H groups in total. The molecule has 1 aromatic heterocycles. The Kier molecular flexibility index (Phi) is 6.93. The highest BCUT2D eigenvalue weighted by molar-refractivity contribution is 7.99. The fraction of sp³-hybridized carbons (Fsp3) is 0.263. The van der Waals surface area contributed by atoms with Crippen molar-refractivity contribution in [2.75, 3.05) is 15.8 Å². The lowest BCUT2D eigenvalue weighted by Gasteiger charge is -2.11. The average molecular weight is 455 g/mol. The number of carbonyl (C=O) groups is 1. The predicted octanol–water partition coefficient (Wildman–Crippen LogP) is 4.14. The number of alkyl halides is 2. The Balaban J connectivity index is 1.72. The van der Waals surface area contributed by atoms with E-state index >= 15 is 0 Å². The third-order valence-electron chi connectivity index (χ3n) is 4.03. The number of fused-ring (bicyclic) bond motifs is 1. The fourth-order valence-electron chi connectivity index (χ4n) is 2.84. The number of nitrogens with one attached hydrogen (secondary N) is 2. The number of aromatic nitrogens is 2. The summed E-state index contributed by atoms with van der Waals surface area (Å²) in [5.74, 6) is -3.07. The monoisotopic (exact) mass is 454 g/mol. The van der Waals surface area contributed by atoms with Gasteiger partial charge in [-0.15, -0.1) is 0 Å². The normalized spacial score (nSPS) is 11.7. The topological polar surface area (TPSA) is 93.1 Å². The molecule has 0 radical (unpaired) electrons. The maximum absolute atomic E-state index is 12.9. The number of nitrogens with zero attached hydrogens (tertiary/aromatic N) is 2. The fourth-order valence-corrected chi connectivity index (χ4v) is 4.58. The predicted molar refractivity (Wildman–Crippen MR) is 114 cm³/mol. The van der Waals surface area contributed by atoms with Crippen molar-refractivity contribution in [3.8, 4) is 0 Å². The second-order valence-corrected chi connectivity index (χ2v) is 9.19. The molecule has 0 aliphatic rings. The van der Waals surface area contributed by atoms with Crippen LogP contribution in [0.25, 0.3) is 11.0 Å². The van der Waals surface area contributed by atoms with Crippen LogP contribution >= 0.6 is 11.8 Å². The second kappa shape index (κ2) is 9.43. The van der Waals surface area contributed by atoms with Gasteiger partial charge in [-0.2, -0.15) is 8.78 Å². The van der Waals surface area contributed by atoms with E-state index < -0.39 is 21.7 Å². The largest absolute Gasteiger partial charge is 0.325 e. The molecule has 0 unspecified atom stereocenters. The van der Waals surface area contributed by atoms with E-state index in [0.717, 1.165) is 0 Å². The molecular formula is C19H20F2N4O3S2. The van der Waals surface area contributed by atoms with Crippen LogP contribution in [0.4, 0.5) is 20.2 Å². The highest BCUT2D eigenvalue weighted by Gasteiger charge is 2.18. The van der Waals surface area contributed by atoms with E-state index in [2.05, 4.69) is 15.0 Å². The standard InChI is InChI=1S/C19H20F2N4O3S2/c1-2-11-30(27,28)24-14-9-7-13(8-10-14)22-17(26)12-25-16-6-4-3-5-15(16)23-19(25)29-18(20)21/h3-10,18,24H,2,11-12H2,1H3,(H,22,26). The van der Waals surface area contributed by atoms with E-state index in [-0.39, 0.29) is 29.2 Å². The quantitative estimate of drug-likeness (QED) is 0.474. The Hall–Kier alpha value is -2.66. The van der Waals surface area contributed by atoms with Crippen LogP contribution in [0.1, 0.15) is 13.3 Å². The third kappa shape index (κ3) is 5.70. The maximum atomic E-state index is 12.9. The number of halogens is 2. The van der Waals surface area contributed by atoms with Crippen LogP contribution in [-0.4, -0.2) is 35.4 Å². The Bertz CT molecular complexity index is 1130. The van der Waals surface area contributed by atoms with E-state index in [4.69, 9.17) is 0 Å². The molecule has 0 saturated heterocycles. The summed E-state index contributed by atoms with van der Waals surface area (Å²) in [5, 5.41) is 2.74. The number of rotatable bonds is 9. The van der Waals surface area contributed by atoms with Gasteiger partial charge in [0.1, 0.15) is 6.54 Å². The molecule has 2 aromatic carbocycles. The minimum absolute atomic E-state index is 0.0172. The molecule has 1 heterocycles. The van der Waals surface area contributed by atoms with Crippen molar-refractivity contribution in [1.82, 2.24) is 9.55 Å². The first kappa shape index (κ1) is 22.0. The third-order valence-corrected chi connectivity index (χ3v) is 6.22. The van der Waals surface area contributed by atoms with Crippen molar-refractivity contribution in [2.24, 2.45) is 0 Å². The summed E-state index contributed by atoms with van der Waals surface area (Å²) in [6.07, 6.45) is 0.498. The highest BCUT2D eigenvalue weighted by Crippen LogP contribution is 2.28. The van der Waals surface area contributed by atoms with E-state index in [1.54, 1.807) is 43.3 Å². The summed E-state index contributed by atoms with van der Waals surface area (Å²) in [4.78, 5) is 16.7. The Morgan fingerprint density at radius 1 is 1.13 bits per heavy atom. The number of hydrogen-bond acceptors (Lipinski definition) is 5. The number of amides is 1. The van der Waals surface area contributed by atoms with Gasteiger partial charge < -0.3 is 9.88 Å². The van der Waals surface area contributed by atoms with Gasteiger partial charge >= 0.3 is 0 Å². The smallest absolute Gasteiger partial charge is 0.291 e. The Morgan fingerprint density at radius 2 is 1.80 bits per heavy atom. The second-order valence-electron chi connectivity index (χ2n) is 6.39. The van der Waals surface area contributed by atoms with Crippen molar-refractivity contribution in [3.63, 3.8) is 0 Å². The zero-order valence-corrected chi connectivity index (χ0v) is 17.6. The molecule has 11 heteroatoms. The lowest BCUT2D eigenvalue weighted by molar-refractivity contribution is -0.116. The minimum atomic E-state index is -3.40. The van der Waals surface area contributed by atoms with Crippen LogP contribution in [0.3, 0.4) is 0 Å². The van der Waals surface area contributed by atoms with Crippen molar-refractivity contribution in [3.05, 3.63) is 48.5 Å². The zero-order valence-electron chi connectivity index (χ0n) is 16.0. The zero-order chi connectivity index (χ0) is 21.7. The molecule has 7 nitrogen and oxygen atoms in total. The van der Waals surface area contributed by atoms with Crippen LogP contribution in [0, 0.1) is 0 Å². The molecule has 0 spiro atoms. The number of carbonyl (C=O) groups excluding carboxylic acids is 1. The molecule has 30 heavy (non-hydrogen) atoms. The van der Waals surface area contributed by atoms with Crippen LogP contribution in [0.2, 0.25) is 0 Å². The van der Waals surface area contributed by atoms with Crippen LogP contribution in [0.15, 0.2) is 53.7 Å². The number of thioether (sulfide) groups is 1. The van der Waals surface area contributed by atoms with Gasteiger partial charge in [-0.3, -0.25) is 9.52 Å². The van der Waals surface area contributed by atoms with Gasteiger partial charge in [0.2, 0.25) is 15.9 Å². The molecule has 160 valence electrons. The SMILES string of the molecule is CCCS(=O)(=O)Nc1ccc(NC(=O)Cn2c(SC(F)F)nc3ccccc32)cc1. The van der Waals surface area contributed by atoms with Gasteiger partial charge in [0.05, 0.1) is 16.8 Å². The number of hydrogen-bond donors (Lipinski definition) is 2. The van der Waals surface area contributed by atoms with E-state index in [1.807, 2.05) is 0 Å². The van der Waals surface area contributed by atoms with E-state index in [1.165, 1.54) is 16.7 Å². The van der Waals surface area contributed by atoms with Crippen molar-refractivity contribution >= 4 is 50.1 Å². The molecule has 0 aliphatic heterocycles. The van der Waals surface area contributed by atoms with Crippen LogP contribution < -0.4 is 10.0 Å². The van der Waals surface area contributed by atoms with Gasteiger partial charge in [0.25, 0.3) is 5.76 Å². The minimum Gasteiger partial charge on any atom is -0.325 e. The number of anilines is 2. The van der Waals surface area contributed by atoms with E-state index in [9.17, 15) is 22.0 Å². The van der Waals surface area contributed by atoms with Gasteiger partial charge in [0.15, 0.2) is 5.16 Å². The summed E-state index contributed by atoms with van der Waals surface area (Å²) >= 11 is 0.284. The summed E-state index contributed by atoms with van der Waals surface area (Å²) in [6.45, 7) is 1.58. The number of sulfonamides is 1. The molecule has 0 fully saturated rings. The van der Waals surface area contributed by atoms with E-state index in [0.29, 0.717) is 28.8 Å². The Morgan fingerprint density at radius 3 is 2.47 bits per heavy atom. The molecule has 3 rings (SSSR count). The highest BCUT2D eigenvalue weighted by atomic mass is 32.2. The van der Waals surface area contributed by atoms with Gasteiger partial charge in [-0.25, -0.2) is 13.4 Å². The van der Waals surface area contributed by atoms with Gasteiger partial charge in [-0.1, -0.05) is 19.1 Å². The first-order valence-corrected chi connectivity index (χ1v) is 11.6. The lowest BCUT2D eigenvalue weighted by Crippen LogP contribution is -2.19. The molecule has 0 atom stereocenters. The number of imidazole rings is 1. The first-order chi connectivity index (χ1) is 14.3. The summed E-state index contributed by atoms with van der Waals surface area (Å²) < 4.78 is 53.3. The average Bonchev–Trinajstić information content (AvgIpc) is 2.99. The van der Waals surface area contributed by atoms with Crippen LogP contribution in [0.5, 0.6) is 0 Å². The number of benzene rings is 2. The lowest BCUT2D eigenvalue weighted by atomic mass is 10.3. The van der Waals surface area contributed by atoms with Gasteiger partial charge in [-0.05, 0) is 54.6 Å². The summed E-state index contributed by atoms with van der Waals surface area (Å²) in [7, 11) is -3.40. The van der Waals surface area contributed by atoms with Crippen molar-refractivity contribution < 1.29 is 22.0 Å². The molecular weight excluding hydrogens is 434 g/mol. The summed E-state index contributed by atoms with van der Waals surface area (Å²) in [5.41, 5.74) is 1.94. The Labute approximate surface area is 176 Å². The molecule has 3 aromatic rings. The molecule has 0 bridgehead atoms.